The average molecular weight is 170 g/mol. The third kappa shape index (κ3) is 3.49. The molecule has 1 aromatic rings. The predicted octanol–water partition coefficient (Wildman–Crippen LogP) is 1.68. The van der Waals surface area contributed by atoms with E-state index in [9.17, 15) is 0 Å². The summed E-state index contributed by atoms with van der Waals surface area (Å²) in [5.41, 5.74) is 1.20. The van der Waals surface area contributed by atoms with Gasteiger partial charge in [-0.25, -0.2) is 0 Å². The third-order valence-electron chi connectivity index (χ3n) is 1.42. The van der Waals surface area contributed by atoms with E-state index in [1.807, 2.05) is 5.38 Å². The molecule has 0 aliphatic heterocycles. The zero-order valence-electron chi connectivity index (χ0n) is 7.00. The molecular formula is C8H14N2S. The van der Waals surface area contributed by atoms with Crippen molar-refractivity contribution < 1.29 is 0 Å². The molecule has 0 aliphatic carbocycles. The first-order chi connectivity index (χ1) is 5.29. The molecule has 11 heavy (non-hydrogen) atoms. The van der Waals surface area contributed by atoms with Crippen molar-refractivity contribution >= 4 is 11.5 Å². The quantitative estimate of drug-likeness (QED) is 0.743. The van der Waals surface area contributed by atoms with Gasteiger partial charge in [0.15, 0.2) is 0 Å². The fourth-order valence-corrected chi connectivity index (χ4v) is 1.42. The maximum Gasteiger partial charge on any atom is 0.0554 e. The minimum absolute atomic E-state index is 0.577. The van der Waals surface area contributed by atoms with Crippen molar-refractivity contribution in [1.29, 1.82) is 0 Å². The van der Waals surface area contributed by atoms with Crippen molar-refractivity contribution in [2.45, 2.75) is 26.3 Å². The number of aromatic nitrogens is 1. The van der Waals surface area contributed by atoms with Gasteiger partial charge in [-0.1, -0.05) is 13.8 Å². The summed E-state index contributed by atoms with van der Waals surface area (Å²) in [7, 11) is 0. The van der Waals surface area contributed by atoms with Crippen molar-refractivity contribution in [3.63, 3.8) is 0 Å². The Morgan fingerprint density at radius 1 is 1.64 bits per heavy atom. The zero-order chi connectivity index (χ0) is 8.10. The lowest BCUT2D eigenvalue weighted by Crippen LogP contribution is -2.24. The Balaban J connectivity index is 2.14. The Hall–Kier alpha value is -0.410. The fraction of sp³-hybridized carbons (Fsp3) is 0.625. The molecule has 1 heterocycles. The second kappa shape index (κ2) is 4.46. The minimum Gasteiger partial charge on any atom is -0.314 e. The summed E-state index contributed by atoms with van der Waals surface area (Å²) >= 11 is 1.52. The van der Waals surface area contributed by atoms with E-state index in [2.05, 4.69) is 29.6 Å². The molecule has 0 saturated heterocycles. The zero-order valence-corrected chi connectivity index (χ0v) is 7.82. The van der Waals surface area contributed by atoms with E-state index in [-0.39, 0.29) is 0 Å². The minimum atomic E-state index is 0.577. The highest BCUT2D eigenvalue weighted by atomic mass is 32.1. The van der Waals surface area contributed by atoms with Crippen LogP contribution in [0.15, 0.2) is 11.4 Å². The maximum absolute atomic E-state index is 4.21. The summed E-state index contributed by atoms with van der Waals surface area (Å²) in [6, 6.07) is 2.65. The SMILES string of the molecule is CC(C)NCCc1ccsn1. The van der Waals surface area contributed by atoms with Gasteiger partial charge in [0, 0.05) is 24.4 Å². The van der Waals surface area contributed by atoms with Crippen LogP contribution in [-0.2, 0) is 6.42 Å². The molecule has 0 radical (unpaired) electrons. The fourth-order valence-electron chi connectivity index (χ4n) is 0.855. The van der Waals surface area contributed by atoms with Gasteiger partial charge in [-0.2, -0.15) is 4.37 Å². The van der Waals surface area contributed by atoms with Gasteiger partial charge in [0.25, 0.3) is 0 Å². The summed E-state index contributed by atoms with van der Waals surface area (Å²) in [6.07, 6.45) is 1.04. The molecule has 2 nitrogen and oxygen atoms in total. The summed E-state index contributed by atoms with van der Waals surface area (Å²) in [5, 5.41) is 5.37. The van der Waals surface area contributed by atoms with Crippen LogP contribution in [0.5, 0.6) is 0 Å². The van der Waals surface area contributed by atoms with Crippen LogP contribution >= 0.6 is 11.5 Å². The molecule has 1 rings (SSSR count). The normalized spacial score (nSPS) is 10.8. The third-order valence-corrected chi connectivity index (χ3v) is 2.02. The van der Waals surface area contributed by atoms with Crippen molar-refractivity contribution in [3.05, 3.63) is 17.1 Å². The van der Waals surface area contributed by atoms with Crippen LogP contribution < -0.4 is 5.32 Å². The van der Waals surface area contributed by atoms with Crippen LogP contribution in [0.2, 0.25) is 0 Å². The number of rotatable bonds is 4. The molecule has 0 amide bonds. The van der Waals surface area contributed by atoms with Gasteiger partial charge < -0.3 is 5.32 Å². The first-order valence-electron chi connectivity index (χ1n) is 3.91. The van der Waals surface area contributed by atoms with E-state index < -0.39 is 0 Å². The highest BCUT2D eigenvalue weighted by molar-refractivity contribution is 7.03. The molecule has 0 bridgehead atoms. The van der Waals surface area contributed by atoms with Crippen molar-refractivity contribution in [3.8, 4) is 0 Å². The van der Waals surface area contributed by atoms with Crippen LogP contribution in [0.1, 0.15) is 19.5 Å². The molecule has 62 valence electrons. The highest BCUT2D eigenvalue weighted by Gasteiger charge is 1.95. The van der Waals surface area contributed by atoms with Gasteiger partial charge >= 0.3 is 0 Å². The van der Waals surface area contributed by atoms with E-state index >= 15 is 0 Å². The molecule has 0 atom stereocenters. The topological polar surface area (TPSA) is 24.9 Å². The van der Waals surface area contributed by atoms with Crippen molar-refractivity contribution in [1.82, 2.24) is 9.69 Å². The average Bonchev–Trinajstić information content (AvgIpc) is 2.39. The van der Waals surface area contributed by atoms with E-state index in [1.165, 1.54) is 17.2 Å². The summed E-state index contributed by atoms with van der Waals surface area (Å²) < 4.78 is 4.21. The van der Waals surface area contributed by atoms with Crippen LogP contribution in [0.3, 0.4) is 0 Å². The lowest BCUT2D eigenvalue weighted by atomic mass is 10.3. The Morgan fingerprint density at radius 2 is 2.45 bits per heavy atom. The van der Waals surface area contributed by atoms with Crippen LogP contribution in [0.4, 0.5) is 0 Å². The molecule has 0 fully saturated rings. The monoisotopic (exact) mass is 170 g/mol. The Bertz CT molecular complexity index is 182. The molecule has 0 aliphatic rings. The van der Waals surface area contributed by atoms with E-state index in [4.69, 9.17) is 0 Å². The summed E-state index contributed by atoms with van der Waals surface area (Å²) in [6.45, 7) is 5.34. The Labute approximate surface area is 71.8 Å². The van der Waals surface area contributed by atoms with Crippen LogP contribution in [-0.4, -0.2) is 17.0 Å². The molecule has 0 saturated carbocycles. The number of nitrogens with zero attached hydrogens (tertiary/aromatic N) is 1. The van der Waals surface area contributed by atoms with Crippen molar-refractivity contribution in [2.24, 2.45) is 0 Å². The van der Waals surface area contributed by atoms with Gasteiger partial charge in [-0.15, -0.1) is 0 Å². The predicted molar refractivity (Wildman–Crippen MR) is 49.0 cm³/mol. The van der Waals surface area contributed by atoms with E-state index in [0.29, 0.717) is 6.04 Å². The second-order valence-corrected chi connectivity index (χ2v) is 3.52. The van der Waals surface area contributed by atoms with Gasteiger partial charge in [-0.05, 0) is 17.6 Å². The lowest BCUT2D eigenvalue weighted by Gasteiger charge is -2.05. The largest absolute Gasteiger partial charge is 0.314 e. The van der Waals surface area contributed by atoms with Crippen LogP contribution in [0, 0.1) is 0 Å². The highest BCUT2D eigenvalue weighted by Crippen LogP contribution is 1.99. The number of hydrogen-bond acceptors (Lipinski definition) is 3. The second-order valence-electron chi connectivity index (χ2n) is 2.85. The van der Waals surface area contributed by atoms with Gasteiger partial charge in [-0.3, -0.25) is 0 Å². The van der Waals surface area contributed by atoms with Gasteiger partial charge in [0.1, 0.15) is 0 Å². The van der Waals surface area contributed by atoms with Crippen LogP contribution in [0.25, 0.3) is 0 Å². The molecule has 0 unspecified atom stereocenters. The Morgan fingerprint density at radius 3 is 3.00 bits per heavy atom. The van der Waals surface area contributed by atoms with Gasteiger partial charge in [0.05, 0.1) is 5.69 Å². The molecule has 1 aromatic heterocycles. The molecule has 0 spiro atoms. The van der Waals surface area contributed by atoms with E-state index in [1.54, 1.807) is 0 Å². The lowest BCUT2D eigenvalue weighted by molar-refractivity contribution is 0.588. The standard InChI is InChI=1S/C8H14N2S/c1-7(2)9-5-3-8-4-6-11-10-8/h4,6-7,9H,3,5H2,1-2H3. The Kier molecular flexibility index (Phi) is 3.52. The number of nitrogens with one attached hydrogen (secondary N) is 1. The smallest absolute Gasteiger partial charge is 0.0554 e. The van der Waals surface area contributed by atoms with Gasteiger partial charge in [0.2, 0.25) is 0 Å². The first kappa shape index (κ1) is 8.68. The van der Waals surface area contributed by atoms with Crippen molar-refractivity contribution in [2.75, 3.05) is 6.54 Å². The maximum atomic E-state index is 4.21. The first-order valence-corrected chi connectivity index (χ1v) is 4.75. The number of hydrogen-bond donors (Lipinski definition) is 1. The molecule has 1 N–H and O–H groups in total. The molecular weight excluding hydrogens is 156 g/mol. The molecule has 0 aromatic carbocycles. The summed E-state index contributed by atoms with van der Waals surface area (Å²) in [5.74, 6) is 0. The van der Waals surface area contributed by atoms with E-state index in [0.717, 1.165) is 13.0 Å². The molecule has 3 heteroatoms. The summed E-state index contributed by atoms with van der Waals surface area (Å²) in [4.78, 5) is 0.